The van der Waals surface area contributed by atoms with E-state index >= 15 is 0 Å². The number of rotatable bonds is 0. The maximum Gasteiger partial charge on any atom is 0.162 e. The van der Waals surface area contributed by atoms with E-state index in [0.717, 1.165) is 33.9 Å². The molecule has 2 aliphatic rings. The van der Waals surface area contributed by atoms with Crippen molar-refractivity contribution >= 4 is 58.3 Å². The van der Waals surface area contributed by atoms with Gasteiger partial charge in [0, 0.05) is 36.3 Å². The van der Waals surface area contributed by atoms with Gasteiger partial charge in [-0.3, -0.25) is 9.98 Å². The number of fused-ring (bicyclic) bond motifs is 4. The molecule has 0 atom stereocenters. The van der Waals surface area contributed by atoms with Gasteiger partial charge in [-0.05, 0) is 97.1 Å². The van der Waals surface area contributed by atoms with Crippen LogP contribution in [0.15, 0.2) is 78.5 Å². The zero-order valence-electron chi connectivity index (χ0n) is 22.7. The van der Waals surface area contributed by atoms with E-state index in [0.29, 0.717) is 11.7 Å². The standard InChI is InChI=1S/2C16H15N3.CH4/c2*1-9-6-5-7-11-10(2)14-13(8-12(9)11)15(17-3)19-16(14)18-4;/h5-8H,4H2,1-3H3;5-8H,3H2,1-2,4H3;1H4. The number of aliphatic imine (C=N–C) groups is 6. The van der Waals surface area contributed by atoms with Crippen LogP contribution in [0.5, 0.6) is 0 Å². The van der Waals surface area contributed by atoms with Gasteiger partial charge in [-0.15, -0.1) is 0 Å². The van der Waals surface area contributed by atoms with Gasteiger partial charge in [-0.25, -0.2) is 20.0 Å². The Morgan fingerprint density at radius 3 is 1.59 bits per heavy atom. The molecule has 0 bridgehead atoms. The van der Waals surface area contributed by atoms with Crippen molar-refractivity contribution in [2.75, 3.05) is 14.1 Å². The van der Waals surface area contributed by atoms with E-state index in [1.807, 2.05) is 0 Å². The average Bonchev–Trinajstić information content (AvgIpc) is 3.48. The summed E-state index contributed by atoms with van der Waals surface area (Å²) in [7, 11) is 3.51. The first kappa shape index (κ1) is 27.5. The molecule has 196 valence electrons. The van der Waals surface area contributed by atoms with Crippen LogP contribution in [0, 0.1) is 27.7 Å². The normalized spacial score (nSPS) is 15.3. The number of hydrogen-bond acceptors (Lipinski definition) is 4. The molecule has 0 fully saturated rings. The highest BCUT2D eigenvalue weighted by atomic mass is 15.0. The summed E-state index contributed by atoms with van der Waals surface area (Å²) in [6, 6.07) is 17.0. The summed E-state index contributed by atoms with van der Waals surface area (Å²) >= 11 is 0. The molecule has 2 heterocycles. The van der Waals surface area contributed by atoms with Gasteiger partial charge < -0.3 is 0 Å². The quantitative estimate of drug-likeness (QED) is 0.222. The third-order valence-corrected chi connectivity index (χ3v) is 7.40. The van der Waals surface area contributed by atoms with Gasteiger partial charge in [0.2, 0.25) is 0 Å². The monoisotopic (exact) mass is 514 g/mol. The second-order valence-corrected chi connectivity index (χ2v) is 9.47. The van der Waals surface area contributed by atoms with Crippen molar-refractivity contribution in [2.45, 2.75) is 35.1 Å². The molecule has 0 amide bonds. The van der Waals surface area contributed by atoms with Gasteiger partial charge in [-0.1, -0.05) is 43.8 Å². The smallest absolute Gasteiger partial charge is 0.162 e. The van der Waals surface area contributed by atoms with Gasteiger partial charge in [0.25, 0.3) is 0 Å². The van der Waals surface area contributed by atoms with Crippen LogP contribution in [-0.2, 0) is 0 Å². The lowest BCUT2D eigenvalue weighted by molar-refractivity contribution is 1.38. The molecular formula is C33H34N6. The summed E-state index contributed by atoms with van der Waals surface area (Å²) in [5, 5.41) is 4.99. The van der Waals surface area contributed by atoms with Crippen molar-refractivity contribution in [3.8, 4) is 0 Å². The minimum absolute atomic E-state index is 0. The molecule has 0 unspecified atom stereocenters. The Morgan fingerprint density at radius 1 is 0.590 bits per heavy atom. The van der Waals surface area contributed by atoms with E-state index in [4.69, 9.17) is 0 Å². The van der Waals surface area contributed by atoms with Crippen LogP contribution in [-0.4, -0.2) is 50.9 Å². The lowest BCUT2D eigenvalue weighted by Gasteiger charge is -2.11. The van der Waals surface area contributed by atoms with Crippen LogP contribution in [0.4, 0.5) is 0 Å². The first-order valence-corrected chi connectivity index (χ1v) is 12.5. The minimum Gasteiger partial charge on any atom is -0.270 e. The van der Waals surface area contributed by atoms with E-state index < -0.39 is 0 Å². The lowest BCUT2D eigenvalue weighted by atomic mass is 9.93. The van der Waals surface area contributed by atoms with Crippen molar-refractivity contribution in [1.82, 2.24) is 0 Å². The Labute approximate surface area is 230 Å². The largest absolute Gasteiger partial charge is 0.270 e. The molecule has 2 aliphatic heterocycles. The number of aryl methyl sites for hydroxylation is 4. The Kier molecular flexibility index (Phi) is 7.50. The second kappa shape index (κ2) is 10.7. The van der Waals surface area contributed by atoms with Crippen LogP contribution in [0.2, 0.25) is 0 Å². The molecule has 0 saturated carbocycles. The molecule has 6 rings (SSSR count). The SMILES string of the molecule is C.C=NC1=NC(=NC)c2c1cc1c(C)cccc1c2C.C=NC1=NC(=NC)c2cc3c(C)cccc3c(C)c21. The highest BCUT2D eigenvalue weighted by Crippen LogP contribution is 2.33. The third kappa shape index (κ3) is 4.32. The number of benzene rings is 4. The zero-order valence-corrected chi connectivity index (χ0v) is 22.7. The summed E-state index contributed by atoms with van der Waals surface area (Å²) in [5.74, 6) is 2.84. The minimum atomic E-state index is 0. The van der Waals surface area contributed by atoms with Gasteiger partial charge >= 0.3 is 0 Å². The number of amidine groups is 4. The highest BCUT2D eigenvalue weighted by molar-refractivity contribution is 6.26. The van der Waals surface area contributed by atoms with Crippen LogP contribution >= 0.6 is 0 Å². The van der Waals surface area contributed by atoms with Crippen molar-refractivity contribution in [1.29, 1.82) is 0 Å². The zero-order chi connectivity index (χ0) is 27.1. The topological polar surface area (TPSA) is 74.2 Å². The van der Waals surface area contributed by atoms with Gasteiger partial charge in [-0.2, -0.15) is 0 Å². The van der Waals surface area contributed by atoms with Crippen molar-refractivity contribution in [3.05, 3.63) is 93.0 Å². The third-order valence-electron chi connectivity index (χ3n) is 7.40. The highest BCUT2D eigenvalue weighted by Gasteiger charge is 2.25. The molecule has 0 spiro atoms. The molecule has 4 aromatic carbocycles. The molecule has 39 heavy (non-hydrogen) atoms. The second-order valence-electron chi connectivity index (χ2n) is 9.47. The van der Waals surface area contributed by atoms with Crippen molar-refractivity contribution in [2.24, 2.45) is 30.0 Å². The summed E-state index contributed by atoms with van der Waals surface area (Å²) < 4.78 is 0. The van der Waals surface area contributed by atoms with E-state index in [1.165, 1.54) is 43.8 Å². The fourth-order valence-electron chi connectivity index (χ4n) is 5.43. The van der Waals surface area contributed by atoms with E-state index in [9.17, 15) is 0 Å². The van der Waals surface area contributed by atoms with Gasteiger partial charge in [0.1, 0.15) is 0 Å². The molecule has 4 aromatic rings. The van der Waals surface area contributed by atoms with Crippen LogP contribution < -0.4 is 0 Å². The number of nitrogens with zero attached hydrogens (tertiary/aromatic N) is 6. The first-order chi connectivity index (χ1) is 18.3. The molecule has 0 saturated heterocycles. The molecular weight excluding hydrogens is 480 g/mol. The predicted molar refractivity (Wildman–Crippen MR) is 171 cm³/mol. The van der Waals surface area contributed by atoms with Crippen LogP contribution in [0.25, 0.3) is 21.5 Å². The van der Waals surface area contributed by atoms with E-state index in [2.05, 4.69) is 120 Å². The van der Waals surface area contributed by atoms with Crippen molar-refractivity contribution < 1.29 is 0 Å². The summed E-state index contributed by atoms with van der Waals surface area (Å²) in [5.41, 5.74) is 9.17. The van der Waals surface area contributed by atoms with E-state index in [-0.39, 0.29) is 7.43 Å². The maximum absolute atomic E-state index is 4.44. The summed E-state index contributed by atoms with van der Waals surface area (Å²) in [6.45, 7) is 15.7. The molecule has 6 heteroatoms. The molecule has 0 radical (unpaired) electrons. The van der Waals surface area contributed by atoms with Crippen LogP contribution in [0.1, 0.15) is 51.9 Å². The maximum atomic E-state index is 4.44. The fraction of sp³-hybridized carbons (Fsp3) is 0.212. The molecule has 6 nitrogen and oxygen atoms in total. The Balaban J connectivity index is 0.000000176. The first-order valence-electron chi connectivity index (χ1n) is 12.5. The summed E-state index contributed by atoms with van der Waals surface area (Å²) in [4.78, 5) is 25.5. The number of hydrogen-bond donors (Lipinski definition) is 0. The van der Waals surface area contributed by atoms with Gasteiger partial charge in [0.15, 0.2) is 23.3 Å². The Hall–Kier alpha value is -4.58. The van der Waals surface area contributed by atoms with Gasteiger partial charge in [0.05, 0.1) is 0 Å². The Morgan fingerprint density at radius 2 is 1.08 bits per heavy atom. The van der Waals surface area contributed by atoms with E-state index in [1.54, 1.807) is 14.1 Å². The lowest BCUT2D eigenvalue weighted by Crippen LogP contribution is -2.01. The van der Waals surface area contributed by atoms with Crippen LogP contribution in [0.3, 0.4) is 0 Å². The summed E-state index contributed by atoms with van der Waals surface area (Å²) in [6.07, 6.45) is 0. The Bertz CT molecular complexity index is 1800. The molecule has 0 aliphatic carbocycles. The predicted octanol–water partition coefficient (Wildman–Crippen LogP) is 7.22. The average molecular weight is 515 g/mol. The fourth-order valence-corrected chi connectivity index (χ4v) is 5.43. The molecule has 0 aromatic heterocycles. The molecule has 0 N–H and O–H groups in total. The van der Waals surface area contributed by atoms with Crippen molar-refractivity contribution in [3.63, 3.8) is 0 Å².